The van der Waals surface area contributed by atoms with Crippen molar-refractivity contribution in [3.8, 4) is 6.07 Å². The van der Waals surface area contributed by atoms with E-state index in [1.807, 2.05) is 0 Å². The van der Waals surface area contributed by atoms with Crippen LogP contribution in [0, 0.1) is 11.3 Å². The Morgan fingerprint density at radius 3 is 1.95 bits per heavy atom. The average Bonchev–Trinajstić information content (AvgIpc) is 2.24. The minimum atomic E-state index is -5.25. The highest BCUT2D eigenvalue weighted by Gasteiger charge is 2.41. The normalized spacial score (nSPS) is 12.1. The van der Waals surface area contributed by atoms with E-state index in [1.165, 1.54) is 0 Å². The van der Waals surface area contributed by atoms with E-state index >= 15 is 0 Å². The van der Waals surface area contributed by atoms with Crippen molar-refractivity contribution in [2.75, 3.05) is 0 Å². The van der Waals surface area contributed by atoms with Crippen LogP contribution in [0.3, 0.4) is 0 Å². The Morgan fingerprint density at radius 1 is 1.11 bits per heavy atom. The van der Waals surface area contributed by atoms with Crippen LogP contribution in [0.5, 0.6) is 0 Å². The molecule has 0 saturated heterocycles. The van der Waals surface area contributed by atoms with Crippen LogP contribution in [0.2, 0.25) is 0 Å². The molecule has 1 N–H and O–H groups in total. The first-order valence-corrected chi connectivity index (χ1v) is 4.44. The number of alkyl halides is 6. The van der Waals surface area contributed by atoms with Gasteiger partial charge in [0.05, 0.1) is 28.3 Å². The number of benzene rings is 1. The summed E-state index contributed by atoms with van der Waals surface area (Å²) < 4.78 is 74.9. The number of hydrogen-bond donors (Lipinski definition) is 1. The molecule has 0 aliphatic heterocycles. The van der Waals surface area contributed by atoms with Crippen LogP contribution in [0.1, 0.15) is 27.0 Å². The summed E-state index contributed by atoms with van der Waals surface area (Å²) in [4.78, 5) is 10.6. The first kappa shape index (κ1) is 14.8. The van der Waals surface area contributed by atoms with E-state index in [-0.39, 0.29) is 12.1 Å². The quantitative estimate of drug-likeness (QED) is 0.804. The van der Waals surface area contributed by atoms with Gasteiger partial charge in [-0.15, -0.1) is 0 Å². The molecular formula is C10H3F6NO2. The van der Waals surface area contributed by atoms with Crippen molar-refractivity contribution in [2.45, 2.75) is 12.4 Å². The molecule has 19 heavy (non-hydrogen) atoms. The Balaban J connectivity index is 3.76. The van der Waals surface area contributed by atoms with Gasteiger partial charge in [-0.2, -0.15) is 31.6 Å². The highest BCUT2D eigenvalue weighted by molar-refractivity contribution is 5.90. The van der Waals surface area contributed by atoms with Crippen LogP contribution in [0.4, 0.5) is 26.3 Å². The van der Waals surface area contributed by atoms with Gasteiger partial charge in [0, 0.05) is 0 Å². The highest BCUT2D eigenvalue weighted by atomic mass is 19.4. The first-order chi connectivity index (χ1) is 8.48. The average molecular weight is 283 g/mol. The van der Waals surface area contributed by atoms with E-state index in [0.29, 0.717) is 0 Å². The molecule has 0 bridgehead atoms. The second-order valence-electron chi connectivity index (χ2n) is 3.36. The van der Waals surface area contributed by atoms with Crippen LogP contribution in [0.15, 0.2) is 12.1 Å². The first-order valence-electron chi connectivity index (χ1n) is 4.44. The predicted octanol–water partition coefficient (Wildman–Crippen LogP) is 3.29. The van der Waals surface area contributed by atoms with E-state index < -0.39 is 40.6 Å². The van der Waals surface area contributed by atoms with E-state index in [0.717, 1.165) is 6.07 Å². The molecule has 0 spiro atoms. The zero-order chi connectivity index (χ0) is 15.0. The molecule has 1 aromatic rings. The van der Waals surface area contributed by atoms with Gasteiger partial charge >= 0.3 is 18.3 Å². The molecule has 1 aromatic carbocycles. The fourth-order valence-electron chi connectivity index (χ4n) is 1.37. The molecule has 9 heteroatoms. The predicted molar refractivity (Wildman–Crippen MR) is 48.1 cm³/mol. The zero-order valence-electron chi connectivity index (χ0n) is 8.73. The fourth-order valence-corrected chi connectivity index (χ4v) is 1.37. The van der Waals surface area contributed by atoms with Crippen molar-refractivity contribution in [1.29, 1.82) is 5.26 Å². The molecule has 0 aromatic heterocycles. The summed E-state index contributed by atoms with van der Waals surface area (Å²) in [5.74, 6) is -2.20. The van der Waals surface area contributed by atoms with Gasteiger partial charge in [0.2, 0.25) is 0 Å². The monoisotopic (exact) mass is 283 g/mol. The largest absolute Gasteiger partial charge is 0.478 e. The van der Waals surface area contributed by atoms with Crippen molar-refractivity contribution >= 4 is 5.97 Å². The van der Waals surface area contributed by atoms with Crippen molar-refractivity contribution in [1.82, 2.24) is 0 Å². The minimum Gasteiger partial charge on any atom is -0.478 e. The van der Waals surface area contributed by atoms with E-state index in [4.69, 9.17) is 10.4 Å². The van der Waals surface area contributed by atoms with Gasteiger partial charge in [-0.1, -0.05) is 0 Å². The molecule has 1 rings (SSSR count). The topological polar surface area (TPSA) is 61.1 Å². The number of halogens is 6. The lowest BCUT2D eigenvalue weighted by Crippen LogP contribution is -2.18. The Kier molecular flexibility index (Phi) is 3.48. The molecule has 0 heterocycles. The molecule has 0 fully saturated rings. The SMILES string of the molecule is N#Cc1cc(C(F)(F)F)cc(C(=O)O)c1C(F)(F)F. The van der Waals surface area contributed by atoms with E-state index in [1.54, 1.807) is 0 Å². The minimum absolute atomic E-state index is 0.0325. The van der Waals surface area contributed by atoms with Crippen molar-refractivity contribution in [2.24, 2.45) is 0 Å². The van der Waals surface area contributed by atoms with Gasteiger partial charge in [0.1, 0.15) is 0 Å². The summed E-state index contributed by atoms with van der Waals surface area (Å²) >= 11 is 0. The number of carbonyl (C=O) groups is 1. The van der Waals surface area contributed by atoms with Gasteiger partial charge in [0.25, 0.3) is 0 Å². The van der Waals surface area contributed by atoms with Crippen LogP contribution < -0.4 is 0 Å². The molecule has 102 valence electrons. The van der Waals surface area contributed by atoms with Gasteiger partial charge < -0.3 is 5.11 Å². The number of aromatic carboxylic acids is 1. The number of rotatable bonds is 1. The van der Waals surface area contributed by atoms with Crippen molar-refractivity contribution < 1.29 is 36.2 Å². The number of carboxylic acids is 1. The highest BCUT2D eigenvalue weighted by Crippen LogP contribution is 2.38. The Labute approximate surface area is 101 Å². The molecule has 0 aliphatic rings. The molecule has 0 amide bonds. The second-order valence-corrected chi connectivity index (χ2v) is 3.36. The summed E-state index contributed by atoms with van der Waals surface area (Å²) in [5, 5.41) is 17.0. The van der Waals surface area contributed by atoms with Crippen LogP contribution in [0.25, 0.3) is 0 Å². The maximum absolute atomic E-state index is 12.6. The standard InChI is InChI=1S/C10H3F6NO2/c11-9(12,13)5-1-4(3-17)7(10(14,15)16)6(2-5)8(18)19/h1-2H,(H,18,19). The number of nitrogens with zero attached hydrogens (tertiary/aromatic N) is 1. The second kappa shape index (κ2) is 4.46. The summed E-state index contributed by atoms with van der Waals surface area (Å²) in [6.07, 6.45) is -10.3. The maximum Gasteiger partial charge on any atom is 0.418 e. The van der Waals surface area contributed by atoms with Crippen LogP contribution >= 0.6 is 0 Å². The molecule has 0 unspecified atom stereocenters. The van der Waals surface area contributed by atoms with Crippen molar-refractivity contribution in [3.05, 3.63) is 34.4 Å². The molecule has 0 atom stereocenters. The molecule has 3 nitrogen and oxygen atoms in total. The lowest BCUT2D eigenvalue weighted by molar-refractivity contribution is -0.141. The summed E-state index contributed by atoms with van der Waals surface area (Å²) in [7, 11) is 0. The lowest BCUT2D eigenvalue weighted by Gasteiger charge is -2.15. The maximum atomic E-state index is 12.6. The number of carboxylic acid groups (broad SMARTS) is 1. The third-order valence-electron chi connectivity index (χ3n) is 2.10. The fraction of sp³-hybridized carbons (Fsp3) is 0.200. The summed E-state index contributed by atoms with van der Waals surface area (Å²) in [6.45, 7) is 0. The lowest BCUT2D eigenvalue weighted by atomic mass is 9.97. The Hall–Kier alpha value is -2.24. The molecule has 0 radical (unpaired) electrons. The number of hydrogen-bond acceptors (Lipinski definition) is 2. The molecule has 0 aliphatic carbocycles. The number of nitriles is 1. The van der Waals surface area contributed by atoms with Crippen LogP contribution in [-0.4, -0.2) is 11.1 Å². The zero-order valence-corrected chi connectivity index (χ0v) is 8.73. The van der Waals surface area contributed by atoms with Gasteiger partial charge in [0.15, 0.2) is 0 Å². The Morgan fingerprint density at radius 2 is 1.63 bits per heavy atom. The third-order valence-corrected chi connectivity index (χ3v) is 2.10. The summed E-state index contributed by atoms with van der Waals surface area (Å²) in [5.41, 5.74) is -6.52. The molecule has 0 saturated carbocycles. The summed E-state index contributed by atoms with van der Waals surface area (Å²) in [6, 6.07) is 0.747. The van der Waals surface area contributed by atoms with Gasteiger partial charge in [-0.05, 0) is 12.1 Å². The van der Waals surface area contributed by atoms with E-state index in [9.17, 15) is 31.1 Å². The Bertz CT molecular complexity index is 567. The van der Waals surface area contributed by atoms with E-state index in [2.05, 4.69) is 0 Å². The van der Waals surface area contributed by atoms with Gasteiger partial charge in [-0.25, -0.2) is 4.79 Å². The third kappa shape index (κ3) is 2.96. The van der Waals surface area contributed by atoms with Gasteiger partial charge in [-0.3, -0.25) is 0 Å². The molecular weight excluding hydrogens is 280 g/mol. The smallest absolute Gasteiger partial charge is 0.418 e. The van der Waals surface area contributed by atoms with Crippen molar-refractivity contribution in [3.63, 3.8) is 0 Å². The van der Waals surface area contributed by atoms with Crippen LogP contribution in [-0.2, 0) is 12.4 Å².